The zero-order valence-electron chi connectivity index (χ0n) is 26.7. The smallest absolute Gasteiger partial charge is 0.160 e. The highest BCUT2D eigenvalue weighted by molar-refractivity contribution is 5.00. The van der Waals surface area contributed by atoms with E-state index in [2.05, 4.69) is 6.92 Å². The molecule has 4 saturated carbocycles. The summed E-state index contributed by atoms with van der Waals surface area (Å²) in [5.74, 6) is 2.35. The number of fused-ring (bicyclic) bond motifs is 4. The van der Waals surface area contributed by atoms with Crippen molar-refractivity contribution in [1.82, 2.24) is 0 Å². The van der Waals surface area contributed by atoms with Gasteiger partial charge in [-0.25, -0.2) is 17.6 Å². The van der Waals surface area contributed by atoms with E-state index in [-0.39, 0.29) is 59.7 Å². The normalized spacial score (nSPS) is 49.1. The minimum absolute atomic E-state index is 0. The fourth-order valence-electron chi connectivity index (χ4n) is 8.85. The standard InChI is InChI=1S/C18H30F2O2.C15H24F2O.3H2O.H2/c1-11-3-6-13(7-4-11)10-21-15-9-14-8-5-12(2)22-18(14)17(20)16(15)19;1-8-3-5-10-11-6-4-9(2)14(17)15(11)18-7-12(10)13(8)16;;;;/h11-18H,3-10H2,1-2H3;8-15H,3-7H2,1-2H3;3*1H2;1H. The molecule has 258 valence electrons. The summed E-state index contributed by atoms with van der Waals surface area (Å²) in [6, 6.07) is 0. The summed E-state index contributed by atoms with van der Waals surface area (Å²) in [6.07, 6.45) is 5.26. The molecule has 6 nitrogen and oxygen atoms in total. The van der Waals surface area contributed by atoms with E-state index in [4.69, 9.17) is 14.2 Å². The average molecular weight is 631 g/mol. The van der Waals surface area contributed by atoms with E-state index in [1.54, 1.807) is 0 Å². The zero-order valence-corrected chi connectivity index (χ0v) is 26.7. The number of rotatable bonds is 3. The van der Waals surface area contributed by atoms with Crippen molar-refractivity contribution in [3.8, 4) is 0 Å². The Kier molecular flexibility index (Phi) is 15.2. The van der Waals surface area contributed by atoms with Crippen molar-refractivity contribution in [3.05, 3.63) is 0 Å². The van der Waals surface area contributed by atoms with E-state index >= 15 is 0 Å². The van der Waals surface area contributed by atoms with Gasteiger partial charge in [0.15, 0.2) is 12.3 Å². The predicted octanol–water partition coefficient (Wildman–Crippen LogP) is 6.00. The van der Waals surface area contributed by atoms with Gasteiger partial charge in [-0.3, -0.25) is 0 Å². The van der Waals surface area contributed by atoms with Gasteiger partial charge in [0.2, 0.25) is 0 Å². The van der Waals surface area contributed by atoms with Crippen LogP contribution in [0.1, 0.15) is 99.8 Å². The first kappa shape index (κ1) is 38.7. The minimum atomic E-state index is -1.53. The second kappa shape index (κ2) is 16.9. The van der Waals surface area contributed by atoms with Crippen molar-refractivity contribution < 1.29 is 49.6 Å². The molecular weight excluding hydrogens is 568 g/mol. The molecule has 0 spiro atoms. The van der Waals surface area contributed by atoms with E-state index in [1.807, 2.05) is 20.8 Å². The maximum absolute atomic E-state index is 14.4. The van der Waals surface area contributed by atoms with Gasteiger partial charge in [0.25, 0.3) is 0 Å². The van der Waals surface area contributed by atoms with Crippen molar-refractivity contribution in [1.29, 1.82) is 0 Å². The molecule has 0 aromatic rings. The average Bonchev–Trinajstić information content (AvgIpc) is 2.95. The first-order chi connectivity index (χ1) is 19.1. The summed E-state index contributed by atoms with van der Waals surface area (Å²) in [7, 11) is 0. The van der Waals surface area contributed by atoms with Gasteiger partial charge in [0, 0.05) is 14.0 Å². The topological polar surface area (TPSA) is 122 Å². The largest absolute Gasteiger partial charge is 0.412 e. The van der Waals surface area contributed by atoms with Crippen LogP contribution in [-0.4, -0.2) is 78.7 Å². The number of alkyl halides is 4. The van der Waals surface area contributed by atoms with Crippen molar-refractivity contribution >= 4 is 0 Å². The first-order valence-corrected chi connectivity index (χ1v) is 16.6. The van der Waals surface area contributed by atoms with Crippen LogP contribution in [0, 0.1) is 47.3 Å². The van der Waals surface area contributed by atoms with Gasteiger partial charge in [-0.15, -0.1) is 0 Å². The second-order valence-corrected chi connectivity index (χ2v) is 14.7. The van der Waals surface area contributed by atoms with E-state index in [1.165, 1.54) is 12.8 Å². The Hall–Kier alpha value is -0.520. The molecule has 43 heavy (non-hydrogen) atoms. The first-order valence-electron chi connectivity index (χ1n) is 16.6. The van der Waals surface area contributed by atoms with E-state index in [0.29, 0.717) is 31.5 Å². The van der Waals surface area contributed by atoms with Crippen molar-refractivity contribution in [3.63, 3.8) is 0 Å². The summed E-state index contributed by atoms with van der Waals surface area (Å²) in [4.78, 5) is 0. The summed E-state index contributed by atoms with van der Waals surface area (Å²) in [6.45, 7) is 9.23. The summed E-state index contributed by atoms with van der Waals surface area (Å²) in [5, 5.41) is 0. The van der Waals surface area contributed by atoms with Gasteiger partial charge in [-0.05, 0) is 106 Å². The van der Waals surface area contributed by atoms with Crippen LogP contribution in [0.2, 0.25) is 0 Å². The molecule has 10 heteroatoms. The van der Waals surface area contributed by atoms with Crippen molar-refractivity contribution in [2.24, 2.45) is 47.3 Å². The molecule has 0 amide bonds. The monoisotopic (exact) mass is 630 g/mol. The third-order valence-electron chi connectivity index (χ3n) is 11.7. The van der Waals surface area contributed by atoms with Gasteiger partial charge in [0.1, 0.15) is 12.3 Å². The quantitative estimate of drug-likeness (QED) is 0.355. The predicted molar refractivity (Wildman–Crippen MR) is 162 cm³/mol. The molecule has 0 bridgehead atoms. The van der Waals surface area contributed by atoms with Gasteiger partial charge >= 0.3 is 0 Å². The molecular formula is C33H62F4O6. The molecule has 14 unspecified atom stereocenters. The molecule has 0 aromatic heterocycles. The van der Waals surface area contributed by atoms with Crippen LogP contribution < -0.4 is 0 Å². The number of ether oxygens (including phenoxy) is 3. The van der Waals surface area contributed by atoms with Crippen molar-refractivity contribution in [2.45, 2.75) is 147 Å². The van der Waals surface area contributed by atoms with Gasteiger partial charge in [-0.1, -0.05) is 33.6 Å². The molecule has 2 aliphatic heterocycles. The fourth-order valence-corrected chi connectivity index (χ4v) is 8.85. The Morgan fingerprint density at radius 1 is 0.628 bits per heavy atom. The third kappa shape index (κ3) is 8.64. The van der Waals surface area contributed by atoms with Crippen LogP contribution in [0.4, 0.5) is 17.6 Å². The van der Waals surface area contributed by atoms with Crippen LogP contribution >= 0.6 is 0 Å². The van der Waals surface area contributed by atoms with Crippen LogP contribution in [0.25, 0.3) is 0 Å². The highest BCUT2D eigenvalue weighted by atomic mass is 19.2. The summed E-state index contributed by atoms with van der Waals surface area (Å²) >= 11 is 0. The van der Waals surface area contributed by atoms with Crippen LogP contribution in [0.5, 0.6) is 0 Å². The molecule has 6 rings (SSSR count). The molecule has 0 radical (unpaired) electrons. The molecule has 4 aliphatic carbocycles. The summed E-state index contributed by atoms with van der Waals surface area (Å²) < 4.78 is 74.5. The maximum Gasteiger partial charge on any atom is 0.160 e. The Morgan fingerprint density at radius 3 is 1.93 bits per heavy atom. The van der Waals surface area contributed by atoms with Gasteiger partial charge in [-0.2, -0.15) is 0 Å². The molecule has 6 N–H and O–H groups in total. The van der Waals surface area contributed by atoms with E-state index in [0.717, 1.165) is 57.3 Å². The highest BCUT2D eigenvalue weighted by Crippen LogP contribution is 2.50. The lowest BCUT2D eigenvalue weighted by atomic mass is 9.61. The Balaban J connectivity index is 0.000000409. The number of halogens is 4. The maximum atomic E-state index is 14.4. The van der Waals surface area contributed by atoms with Crippen LogP contribution in [-0.2, 0) is 14.2 Å². The van der Waals surface area contributed by atoms with Crippen LogP contribution in [0.15, 0.2) is 0 Å². The molecule has 0 aromatic carbocycles. The van der Waals surface area contributed by atoms with Crippen molar-refractivity contribution in [2.75, 3.05) is 13.2 Å². The Morgan fingerprint density at radius 2 is 1.26 bits per heavy atom. The zero-order chi connectivity index (χ0) is 28.6. The van der Waals surface area contributed by atoms with Gasteiger partial charge < -0.3 is 30.6 Å². The minimum Gasteiger partial charge on any atom is -0.412 e. The number of hydrogen-bond donors (Lipinski definition) is 0. The fraction of sp³-hybridized carbons (Fsp3) is 1.00. The van der Waals surface area contributed by atoms with E-state index in [9.17, 15) is 17.6 Å². The van der Waals surface area contributed by atoms with E-state index < -0.39 is 36.9 Å². The molecule has 6 fully saturated rings. The molecule has 2 heterocycles. The lowest BCUT2D eigenvalue weighted by Gasteiger charge is -2.51. The highest BCUT2D eigenvalue weighted by Gasteiger charge is 2.52. The number of hydrogen-bond acceptors (Lipinski definition) is 3. The second-order valence-electron chi connectivity index (χ2n) is 14.7. The Bertz CT molecular complexity index is 778. The Labute approximate surface area is 257 Å². The third-order valence-corrected chi connectivity index (χ3v) is 11.7. The molecule has 14 atom stereocenters. The lowest BCUT2D eigenvalue weighted by Crippen LogP contribution is -2.55. The lowest BCUT2D eigenvalue weighted by molar-refractivity contribution is -0.181. The van der Waals surface area contributed by atoms with Crippen LogP contribution in [0.3, 0.4) is 0 Å². The SMILES string of the molecule is CC1CCC(COC2CC3CCC(C)OC3C(F)C2F)CC1.CC1CCC2C(COC3C(F)C(C)CCC23)C1F.O.O.O.[HH]. The summed E-state index contributed by atoms with van der Waals surface area (Å²) in [5.41, 5.74) is 0. The molecule has 6 aliphatic rings. The molecule has 2 saturated heterocycles. The van der Waals surface area contributed by atoms with Gasteiger partial charge in [0.05, 0.1) is 31.0 Å².